The van der Waals surface area contributed by atoms with Crippen molar-refractivity contribution < 1.29 is 28.7 Å². The summed E-state index contributed by atoms with van der Waals surface area (Å²) in [6.45, 7) is 7.51. The van der Waals surface area contributed by atoms with Crippen LogP contribution in [0, 0.1) is 17.0 Å². The van der Waals surface area contributed by atoms with E-state index < -0.39 is 22.6 Å². The number of esters is 1. The summed E-state index contributed by atoms with van der Waals surface area (Å²) < 4.78 is 15.6. The Labute approximate surface area is 157 Å². The number of ether oxygens (including phenoxy) is 3. The molecule has 0 bridgehead atoms. The Hall–Kier alpha value is -2.84. The van der Waals surface area contributed by atoms with Crippen LogP contribution in [-0.4, -0.2) is 53.8 Å². The second kappa shape index (κ2) is 7.81. The molecule has 0 unspecified atom stereocenters. The van der Waals surface area contributed by atoms with Crippen molar-refractivity contribution in [3.63, 3.8) is 0 Å². The average Bonchev–Trinajstić information content (AvgIpc) is 2.52. The van der Waals surface area contributed by atoms with E-state index in [1.165, 1.54) is 24.1 Å². The Balaban J connectivity index is 2.13. The lowest BCUT2D eigenvalue weighted by molar-refractivity contribution is -0.386. The average molecular weight is 380 g/mol. The van der Waals surface area contributed by atoms with Crippen LogP contribution in [0.15, 0.2) is 12.1 Å². The number of nitrogens with zero attached hydrogens (tertiary/aromatic N) is 2. The molecule has 9 heteroatoms. The van der Waals surface area contributed by atoms with Crippen molar-refractivity contribution in [2.24, 2.45) is 0 Å². The zero-order valence-corrected chi connectivity index (χ0v) is 16.1. The maximum atomic E-state index is 12.1. The standard InChI is InChI=1S/C18H24N2O7/c1-11-8-14(20(23)24)15(9-13(11)16(21)25-5)26-10-12-6-7-19(12)17(22)27-18(2,3)4/h8-9,12H,6-7,10H2,1-5H3/t12-/m0/s1. The summed E-state index contributed by atoms with van der Waals surface area (Å²) in [7, 11) is 1.23. The van der Waals surface area contributed by atoms with Gasteiger partial charge in [-0.25, -0.2) is 9.59 Å². The predicted molar refractivity (Wildman–Crippen MR) is 96.0 cm³/mol. The molecule has 2 rings (SSSR count). The molecule has 27 heavy (non-hydrogen) atoms. The summed E-state index contributed by atoms with van der Waals surface area (Å²) >= 11 is 0. The normalized spacial score (nSPS) is 16.3. The first kappa shape index (κ1) is 20.5. The largest absolute Gasteiger partial charge is 0.485 e. The van der Waals surface area contributed by atoms with E-state index in [-0.39, 0.29) is 29.6 Å². The lowest BCUT2D eigenvalue weighted by Gasteiger charge is -2.40. The minimum absolute atomic E-state index is 0.0398. The highest BCUT2D eigenvalue weighted by Crippen LogP contribution is 2.32. The molecule has 9 nitrogen and oxygen atoms in total. The molecule has 1 amide bonds. The van der Waals surface area contributed by atoms with Gasteiger partial charge in [0.25, 0.3) is 0 Å². The number of methoxy groups -OCH3 is 1. The molecule has 148 valence electrons. The van der Waals surface area contributed by atoms with Crippen molar-refractivity contribution in [1.29, 1.82) is 0 Å². The molecule has 0 spiro atoms. The topological polar surface area (TPSA) is 108 Å². The third kappa shape index (κ3) is 4.87. The maximum absolute atomic E-state index is 12.1. The van der Waals surface area contributed by atoms with Crippen LogP contribution in [0.2, 0.25) is 0 Å². The maximum Gasteiger partial charge on any atom is 0.410 e. The first-order valence-electron chi connectivity index (χ1n) is 8.53. The van der Waals surface area contributed by atoms with Crippen LogP contribution in [-0.2, 0) is 9.47 Å². The van der Waals surface area contributed by atoms with E-state index in [2.05, 4.69) is 0 Å². The van der Waals surface area contributed by atoms with Crippen LogP contribution < -0.4 is 4.74 Å². The van der Waals surface area contributed by atoms with Gasteiger partial charge in [-0.1, -0.05) is 0 Å². The van der Waals surface area contributed by atoms with E-state index in [0.717, 1.165) is 0 Å². The molecule has 1 aromatic rings. The number of nitro groups is 1. The number of likely N-dealkylation sites (tertiary alicyclic amines) is 1. The van der Waals surface area contributed by atoms with Crippen LogP contribution in [0.5, 0.6) is 5.75 Å². The second-order valence-electron chi connectivity index (χ2n) is 7.31. The monoisotopic (exact) mass is 380 g/mol. The van der Waals surface area contributed by atoms with Crippen LogP contribution in [0.4, 0.5) is 10.5 Å². The van der Waals surface area contributed by atoms with Gasteiger partial charge in [-0.05, 0) is 39.7 Å². The van der Waals surface area contributed by atoms with Crippen LogP contribution >= 0.6 is 0 Å². The number of hydrogen-bond donors (Lipinski definition) is 0. The smallest absolute Gasteiger partial charge is 0.410 e. The number of benzene rings is 1. The molecule has 0 aliphatic carbocycles. The van der Waals surface area contributed by atoms with Gasteiger partial charge >= 0.3 is 17.7 Å². The number of amides is 1. The molecule has 1 atom stereocenters. The third-order valence-electron chi connectivity index (χ3n) is 4.11. The van der Waals surface area contributed by atoms with Crippen molar-refractivity contribution in [2.45, 2.75) is 45.8 Å². The highest BCUT2D eigenvalue weighted by atomic mass is 16.6. The number of carbonyl (C=O) groups is 2. The molecule has 1 aromatic carbocycles. The Morgan fingerprint density at radius 2 is 2.00 bits per heavy atom. The van der Waals surface area contributed by atoms with Gasteiger partial charge in [0.2, 0.25) is 0 Å². The van der Waals surface area contributed by atoms with Crippen molar-refractivity contribution in [1.82, 2.24) is 4.90 Å². The van der Waals surface area contributed by atoms with Crippen molar-refractivity contribution >= 4 is 17.7 Å². The Morgan fingerprint density at radius 1 is 1.33 bits per heavy atom. The molecular formula is C18H24N2O7. The van der Waals surface area contributed by atoms with Gasteiger partial charge in [0.05, 0.1) is 23.6 Å². The molecule has 0 saturated carbocycles. The number of aryl methyl sites for hydroxylation is 1. The molecule has 1 heterocycles. The summed E-state index contributed by atoms with van der Waals surface area (Å²) in [5.74, 6) is -0.645. The Morgan fingerprint density at radius 3 is 2.48 bits per heavy atom. The molecular weight excluding hydrogens is 356 g/mol. The third-order valence-corrected chi connectivity index (χ3v) is 4.11. The van der Waals surface area contributed by atoms with E-state index in [1.54, 1.807) is 27.7 Å². The fourth-order valence-corrected chi connectivity index (χ4v) is 2.62. The van der Waals surface area contributed by atoms with E-state index in [0.29, 0.717) is 18.5 Å². The van der Waals surface area contributed by atoms with Crippen molar-refractivity contribution in [3.05, 3.63) is 33.4 Å². The minimum atomic E-state index is -0.608. The van der Waals surface area contributed by atoms with E-state index in [9.17, 15) is 19.7 Å². The molecule has 1 aliphatic heterocycles. The number of hydrogen-bond acceptors (Lipinski definition) is 7. The molecule has 1 saturated heterocycles. The molecule has 1 fully saturated rings. The zero-order valence-electron chi connectivity index (χ0n) is 16.1. The van der Waals surface area contributed by atoms with Crippen molar-refractivity contribution in [3.8, 4) is 5.75 Å². The van der Waals surface area contributed by atoms with Crippen molar-refractivity contribution in [2.75, 3.05) is 20.3 Å². The number of nitro benzene ring substituents is 1. The highest BCUT2D eigenvalue weighted by molar-refractivity contribution is 5.92. The van der Waals surface area contributed by atoms with Crippen LogP contribution in [0.25, 0.3) is 0 Å². The quantitative estimate of drug-likeness (QED) is 0.439. The Kier molecular flexibility index (Phi) is 5.92. The van der Waals surface area contributed by atoms with Gasteiger partial charge in [0.1, 0.15) is 12.2 Å². The highest BCUT2D eigenvalue weighted by Gasteiger charge is 2.36. The summed E-state index contributed by atoms with van der Waals surface area (Å²) in [5, 5.41) is 11.3. The molecule has 0 N–H and O–H groups in total. The predicted octanol–water partition coefficient (Wildman–Crippen LogP) is 3.08. The SMILES string of the molecule is COC(=O)c1cc(OC[C@@H]2CCN2C(=O)OC(C)(C)C)c([N+](=O)[O-])cc1C. The summed E-state index contributed by atoms with van der Waals surface area (Å²) in [6, 6.07) is 2.33. The Bertz CT molecular complexity index is 755. The van der Waals surface area contributed by atoms with Gasteiger partial charge in [0.15, 0.2) is 5.75 Å². The van der Waals surface area contributed by atoms with E-state index in [4.69, 9.17) is 14.2 Å². The van der Waals surface area contributed by atoms with Gasteiger partial charge in [-0.2, -0.15) is 0 Å². The molecule has 1 aliphatic rings. The second-order valence-corrected chi connectivity index (χ2v) is 7.31. The van der Waals surface area contributed by atoms with Crippen LogP contribution in [0.1, 0.15) is 43.1 Å². The summed E-state index contributed by atoms with van der Waals surface area (Å²) in [6.07, 6.45) is 0.249. The van der Waals surface area contributed by atoms with Gasteiger partial charge in [-0.3, -0.25) is 10.1 Å². The summed E-state index contributed by atoms with van der Waals surface area (Å²) in [4.78, 5) is 36.2. The van der Waals surface area contributed by atoms with Crippen LogP contribution in [0.3, 0.4) is 0 Å². The van der Waals surface area contributed by atoms with Gasteiger partial charge in [0, 0.05) is 18.7 Å². The molecule has 0 radical (unpaired) electrons. The van der Waals surface area contributed by atoms with Gasteiger partial charge < -0.3 is 19.1 Å². The van der Waals surface area contributed by atoms with Gasteiger partial charge in [-0.15, -0.1) is 0 Å². The fourth-order valence-electron chi connectivity index (χ4n) is 2.62. The summed E-state index contributed by atoms with van der Waals surface area (Å²) in [5.41, 5.74) is -0.248. The number of carbonyl (C=O) groups excluding carboxylic acids is 2. The fraction of sp³-hybridized carbons (Fsp3) is 0.556. The zero-order chi connectivity index (χ0) is 20.4. The van der Waals surface area contributed by atoms with E-state index in [1.807, 2.05) is 0 Å². The lowest BCUT2D eigenvalue weighted by atomic mass is 10.0. The molecule has 0 aromatic heterocycles. The first-order chi connectivity index (χ1) is 12.5. The van der Waals surface area contributed by atoms with E-state index >= 15 is 0 Å². The lowest BCUT2D eigenvalue weighted by Crippen LogP contribution is -2.55. The number of rotatable bonds is 5. The first-order valence-corrected chi connectivity index (χ1v) is 8.53. The minimum Gasteiger partial charge on any atom is -0.485 e.